The number of piperazine rings is 1. The van der Waals surface area contributed by atoms with E-state index in [1.165, 1.54) is 6.42 Å². The lowest BCUT2D eigenvalue weighted by Gasteiger charge is -2.37. The molecule has 2 aliphatic rings. The Morgan fingerprint density at radius 1 is 1.30 bits per heavy atom. The molecule has 0 aromatic carbocycles. The van der Waals surface area contributed by atoms with Gasteiger partial charge in [0.25, 0.3) is 0 Å². The van der Waals surface area contributed by atoms with Crippen LogP contribution in [-0.2, 0) is 11.3 Å². The number of piperidine rings is 1. The lowest BCUT2D eigenvalue weighted by Crippen LogP contribution is -2.54. The van der Waals surface area contributed by atoms with E-state index in [9.17, 15) is 4.79 Å². The van der Waals surface area contributed by atoms with Crippen molar-refractivity contribution < 1.29 is 9.32 Å². The van der Waals surface area contributed by atoms with Crippen LogP contribution in [0.3, 0.4) is 0 Å². The predicted molar refractivity (Wildman–Crippen MR) is 93.2 cm³/mol. The van der Waals surface area contributed by atoms with Gasteiger partial charge in [0, 0.05) is 38.8 Å². The summed E-state index contributed by atoms with van der Waals surface area (Å²) >= 11 is 0. The fraction of sp³-hybridized carbons (Fsp3) is 0.733. The third-order valence-corrected chi connectivity index (χ3v) is 4.35. The van der Waals surface area contributed by atoms with E-state index in [0.29, 0.717) is 0 Å². The summed E-state index contributed by atoms with van der Waals surface area (Å²) in [6.45, 7) is 7.13. The Hall–Kier alpha value is -0.820. The van der Waals surface area contributed by atoms with Crippen molar-refractivity contribution in [3.63, 3.8) is 0 Å². The number of nitrogens with zero attached hydrogens (tertiary/aromatic N) is 3. The number of nitrogens with one attached hydrogen (secondary N) is 1. The molecule has 6 nitrogen and oxygen atoms in total. The van der Waals surface area contributed by atoms with Gasteiger partial charge in [0.05, 0.1) is 11.7 Å². The maximum Gasteiger partial charge on any atom is 0.239 e. The number of aromatic nitrogens is 1. The van der Waals surface area contributed by atoms with Gasteiger partial charge in [-0.3, -0.25) is 9.69 Å². The van der Waals surface area contributed by atoms with E-state index in [4.69, 9.17) is 4.52 Å². The Kier molecular flexibility index (Phi) is 8.33. The van der Waals surface area contributed by atoms with Gasteiger partial charge in [0.1, 0.15) is 5.76 Å². The van der Waals surface area contributed by atoms with Gasteiger partial charge in [-0.1, -0.05) is 11.6 Å². The first-order valence-corrected chi connectivity index (χ1v) is 7.89. The molecule has 23 heavy (non-hydrogen) atoms. The molecule has 0 unspecified atom stereocenters. The number of amides is 1. The van der Waals surface area contributed by atoms with Crippen molar-refractivity contribution in [2.45, 2.75) is 38.8 Å². The lowest BCUT2D eigenvalue weighted by molar-refractivity contribution is -0.135. The van der Waals surface area contributed by atoms with Crippen LogP contribution in [0.4, 0.5) is 0 Å². The van der Waals surface area contributed by atoms with Gasteiger partial charge in [-0.25, -0.2) is 0 Å². The van der Waals surface area contributed by atoms with E-state index in [2.05, 4.69) is 15.4 Å². The molecule has 1 aromatic heterocycles. The molecule has 1 atom stereocenters. The van der Waals surface area contributed by atoms with Crippen LogP contribution < -0.4 is 5.32 Å². The predicted octanol–water partition coefficient (Wildman–Crippen LogP) is 1.61. The molecule has 1 N–H and O–H groups in total. The Balaban J connectivity index is 0.00000132. The number of halogens is 2. The van der Waals surface area contributed by atoms with Crippen LogP contribution in [0.1, 0.15) is 30.7 Å². The molecule has 132 valence electrons. The normalized spacial score (nSPS) is 22.1. The zero-order chi connectivity index (χ0) is 14.7. The summed E-state index contributed by atoms with van der Waals surface area (Å²) in [4.78, 5) is 16.8. The minimum Gasteiger partial charge on any atom is -0.361 e. The van der Waals surface area contributed by atoms with Gasteiger partial charge in [0.2, 0.25) is 5.91 Å². The smallest absolute Gasteiger partial charge is 0.239 e. The third kappa shape index (κ3) is 5.35. The summed E-state index contributed by atoms with van der Waals surface area (Å²) in [6.07, 6.45) is 3.33. The Labute approximate surface area is 149 Å². The second-order valence-corrected chi connectivity index (χ2v) is 6.03. The molecular formula is C15H26Cl2N4O2. The summed E-state index contributed by atoms with van der Waals surface area (Å²) in [6, 6.07) is 2.02. The second kappa shape index (κ2) is 9.47. The van der Waals surface area contributed by atoms with E-state index in [-0.39, 0.29) is 36.8 Å². The Morgan fingerprint density at radius 2 is 2.04 bits per heavy atom. The van der Waals surface area contributed by atoms with Crippen LogP contribution in [0.2, 0.25) is 0 Å². The van der Waals surface area contributed by atoms with Crippen molar-refractivity contribution >= 4 is 30.7 Å². The fourth-order valence-electron chi connectivity index (χ4n) is 3.13. The van der Waals surface area contributed by atoms with Crippen LogP contribution in [0.5, 0.6) is 0 Å². The molecule has 0 aliphatic carbocycles. The number of hydrogen-bond acceptors (Lipinski definition) is 5. The first-order chi connectivity index (χ1) is 10.2. The van der Waals surface area contributed by atoms with Gasteiger partial charge < -0.3 is 14.7 Å². The van der Waals surface area contributed by atoms with Crippen LogP contribution >= 0.6 is 24.8 Å². The van der Waals surface area contributed by atoms with Crippen molar-refractivity contribution in [3.05, 3.63) is 17.5 Å². The summed E-state index contributed by atoms with van der Waals surface area (Å²) in [5.41, 5.74) is 0.973. The molecule has 1 amide bonds. The maximum atomic E-state index is 12.4. The Morgan fingerprint density at radius 3 is 2.61 bits per heavy atom. The van der Waals surface area contributed by atoms with Crippen LogP contribution in [0.15, 0.2) is 10.6 Å². The number of carbonyl (C=O) groups is 1. The third-order valence-electron chi connectivity index (χ3n) is 4.35. The fourth-order valence-corrected chi connectivity index (χ4v) is 3.13. The zero-order valence-corrected chi connectivity index (χ0v) is 15.1. The van der Waals surface area contributed by atoms with Crippen molar-refractivity contribution in [1.29, 1.82) is 0 Å². The maximum absolute atomic E-state index is 12.4. The molecule has 0 radical (unpaired) electrons. The molecule has 3 rings (SSSR count). The summed E-state index contributed by atoms with van der Waals surface area (Å²) in [5, 5.41) is 7.37. The average Bonchev–Trinajstić information content (AvgIpc) is 2.93. The lowest BCUT2D eigenvalue weighted by atomic mass is 10.0. The zero-order valence-electron chi connectivity index (χ0n) is 13.5. The van der Waals surface area contributed by atoms with E-state index < -0.39 is 0 Å². The van der Waals surface area contributed by atoms with Crippen LogP contribution in [0, 0.1) is 6.92 Å². The van der Waals surface area contributed by atoms with E-state index in [0.717, 1.165) is 63.6 Å². The number of aryl methyl sites for hydroxylation is 1. The standard InChI is InChI=1S/C15H24N4O2.2ClH/c1-12-10-13(17-21-12)11-18-6-8-19(9-7-18)15(20)14-4-2-3-5-16-14;;/h10,14,16H,2-9,11H2,1H3;2*1H/t14-;;/m1../s1. The monoisotopic (exact) mass is 364 g/mol. The highest BCUT2D eigenvalue weighted by Gasteiger charge is 2.28. The SMILES string of the molecule is Cc1cc(CN2CCN(C(=O)[C@H]3CCCCN3)CC2)no1.Cl.Cl. The summed E-state index contributed by atoms with van der Waals surface area (Å²) in [5.74, 6) is 1.13. The second-order valence-electron chi connectivity index (χ2n) is 6.03. The van der Waals surface area contributed by atoms with Crippen molar-refractivity contribution in [2.24, 2.45) is 0 Å². The topological polar surface area (TPSA) is 61.6 Å². The van der Waals surface area contributed by atoms with Gasteiger partial charge in [-0.2, -0.15) is 0 Å². The summed E-state index contributed by atoms with van der Waals surface area (Å²) < 4.78 is 5.10. The van der Waals surface area contributed by atoms with E-state index in [1.807, 2.05) is 17.9 Å². The first kappa shape index (κ1) is 20.2. The first-order valence-electron chi connectivity index (χ1n) is 7.89. The van der Waals surface area contributed by atoms with E-state index >= 15 is 0 Å². The molecule has 0 bridgehead atoms. The van der Waals surface area contributed by atoms with E-state index in [1.54, 1.807) is 0 Å². The minimum absolute atomic E-state index is 0. The van der Waals surface area contributed by atoms with Crippen LogP contribution in [0.25, 0.3) is 0 Å². The van der Waals surface area contributed by atoms with Crippen LogP contribution in [-0.4, -0.2) is 59.6 Å². The molecule has 1 aromatic rings. The Bertz CT molecular complexity index is 484. The van der Waals surface area contributed by atoms with Gasteiger partial charge in [-0.15, -0.1) is 24.8 Å². The number of rotatable bonds is 3. The molecular weight excluding hydrogens is 339 g/mol. The highest BCUT2D eigenvalue weighted by molar-refractivity contribution is 5.85. The van der Waals surface area contributed by atoms with Gasteiger partial charge >= 0.3 is 0 Å². The molecule has 2 aliphatic heterocycles. The van der Waals surface area contributed by atoms with Gasteiger partial charge in [-0.05, 0) is 26.3 Å². The number of hydrogen-bond donors (Lipinski definition) is 1. The molecule has 2 fully saturated rings. The molecule has 0 saturated carbocycles. The largest absolute Gasteiger partial charge is 0.361 e. The van der Waals surface area contributed by atoms with Crippen molar-refractivity contribution in [1.82, 2.24) is 20.3 Å². The average molecular weight is 365 g/mol. The quantitative estimate of drug-likeness (QED) is 0.882. The van der Waals surface area contributed by atoms with Gasteiger partial charge in [0.15, 0.2) is 0 Å². The summed E-state index contributed by atoms with van der Waals surface area (Å²) in [7, 11) is 0. The molecule has 0 spiro atoms. The highest BCUT2D eigenvalue weighted by atomic mass is 35.5. The number of carbonyl (C=O) groups excluding carboxylic acids is 1. The molecule has 2 saturated heterocycles. The van der Waals surface area contributed by atoms with Crippen molar-refractivity contribution in [3.8, 4) is 0 Å². The molecule has 3 heterocycles. The minimum atomic E-state index is 0. The highest BCUT2D eigenvalue weighted by Crippen LogP contribution is 2.13. The van der Waals surface area contributed by atoms with Crippen molar-refractivity contribution in [2.75, 3.05) is 32.7 Å². The molecule has 8 heteroatoms.